The Kier molecular flexibility index (Phi) is 3.33. The third kappa shape index (κ3) is 2.31. The van der Waals surface area contributed by atoms with E-state index in [9.17, 15) is 9.59 Å². The van der Waals surface area contributed by atoms with Crippen molar-refractivity contribution >= 4 is 27.2 Å². The molecule has 0 N–H and O–H groups in total. The number of aromatic nitrogens is 4. The number of fused-ring (bicyclic) bond motifs is 4. The minimum Gasteiger partial charge on any atom is -0.293 e. The van der Waals surface area contributed by atoms with Gasteiger partial charge in [-0.15, -0.1) is 11.3 Å². The van der Waals surface area contributed by atoms with Crippen LogP contribution < -0.4 is 11.1 Å². The predicted molar refractivity (Wildman–Crippen MR) is 101 cm³/mol. The van der Waals surface area contributed by atoms with Gasteiger partial charge < -0.3 is 0 Å². The SMILES string of the molecule is Cc1ccc2nc(Cn3cnc4sc5c(c4c3=O)CCC5)cc(=O)n2c1. The molecule has 0 amide bonds. The van der Waals surface area contributed by atoms with Gasteiger partial charge in [-0.2, -0.15) is 0 Å². The zero-order chi connectivity index (χ0) is 17.8. The first-order valence-electron chi connectivity index (χ1n) is 8.59. The van der Waals surface area contributed by atoms with Gasteiger partial charge in [-0.3, -0.25) is 18.6 Å². The van der Waals surface area contributed by atoms with Crippen molar-refractivity contribution in [3.63, 3.8) is 0 Å². The van der Waals surface area contributed by atoms with Crippen molar-refractivity contribution in [1.29, 1.82) is 0 Å². The van der Waals surface area contributed by atoms with Crippen LogP contribution in [0.3, 0.4) is 0 Å². The van der Waals surface area contributed by atoms with Crippen molar-refractivity contribution in [1.82, 2.24) is 18.9 Å². The minimum absolute atomic E-state index is 0.0414. The summed E-state index contributed by atoms with van der Waals surface area (Å²) in [6.45, 7) is 2.17. The molecule has 26 heavy (non-hydrogen) atoms. The largest absolute Gasteiger partial charge is 0.293 e. The highest BCUT2D eigenvalue weighted by Gasteiger charge is 2.21. The maximum atomic E-state index is 13.0. The van der Waals surface area contributed by atoms with E-state index >= 15 is 0 Å². The fourth-order valence-electron chi connectivity index (χ4n) is 3.65. The quantitative estimate of drug-likeness (QED) is 0.547. The molecular weight excluding hydrogens is 348 g/mol. The maximum Gasteiger partial charge on any atom is 0.262 e. The number of aryl methyl sites for hydroxylation is 3. The van der Waals surface area contributed by atoms with E-state index in [1.807, 2.05) is 19.1 Å². The maximum absolute atomic E-state index is 13.0. The van der Waals surface area contributed by atoms with Gasteiger partial charge in [0.1, 0.15) is 10.5 Å². The summed E-state index contributed by atoms with van der Waals surface area (Å²) in [5, 5.41) is 0.748. The van der Waals surface area contributed by atoms with Crippen molar-refractivity contribution in [2.75, 3.05) is 0 Å². The molecule has 0 unspecified atom stereocenters. The predicted octanol–water partition coefficient (Wildman–Crippen LogP) is 2.31. The lowest BCUT2D eigenvalue weighted by atomic mass is 10.2. The summed E-state index contributed by atoms with van der Waals surface area (Å²) >= 11 is 1.63. The third-order valence-corrected chi connectivity index (χ3v) is 6.08. The van der Waals surface area contributed by atoms with Gasteiger partial charge in [0.15, 0.2) is 0 Å². The molecule has 130 valence electrons. The van der Waals surface area contributed by atoms with Gasteiger partial charge in [0.2, 0.25) is 0 Å². The molecule has 0 spiro atoms. The Bertz CT molecular complexity index is 1300. The van der Waals surface area contributed by atoms with E-state index < -0.39 is 0 Å². The molecule has 0 fully saturated rings. The molecule has 0 aromatic carbocycles. The normalized spacial score (nSPS) is 13.6. The summed E-state index contributed by atoms with van der Waals surface area (Å²) in [5.74, 6) is 0. The molecule has 0 bridgehead atoms. The van der Waals surface area contributed by atoms with Crippen molar-refractivity contribution in [2.45, 2.75) is 32.7 Å². The molecule has 1 aliphatic carbocycles. The fourth-order valence-corrected chi connectivity index (χ4v) is 4.87. The average molecular weight is 364 g/mol. The van der Waals surface area contributed by atoms with Crippen LogP contribution in [0.4, 0.5) is 0 Å². The Morgan fingerprint density at radius 3 is 3.00 bits per heavy atom. The number of pyridine rings is 1. The molecule has 0 radical (unpaired) electrons. The second-order valence-electron chi connectivity index (χ2n) is 6.74. The van der Waals surface area contributed by atoms with Crippen LogP contribution in [0.5, 0.6) is 0 Å². The Hall–Kier alpha value is -2.80. The zero-order valence-electron chi connectivity index (χ0n) is 14.2. The molecule has 4 heterocycles. The lowest BCUT2D eigenvalue weighted by Crippen LogP contribution is -2.23. The smallest absolute Gasteiger partial charge is 0.262 e. The van der Waals surface area contributed by atoms with E-state index in [2.05, 4.69) is 9.97 Å². The molecule has 0 saturated heterocycles. The van der Waals surface area contributed by atoms with E-state index in [0.29, 0.717) is 11.3 Å². The van der Waals surface area contributed by atoms with Crippen LogP contribution in [0.2, 0.25) is 0 Å². The molecule has 0 aliphatic heterocycles. The van der Waals surface area contributed by atoms with Crippen LogP contribution in [0.25, 0.3) is 15.9 Å². The van der Waals surface area contributed by atoms with Gasteiger partial charge in [0.05, 0.1) is 24.0 Å². The highest BCUT2D eigenvalue weighted by Crippen LogP contribution is 2.34. The summed E-state index contributed by atoms with van der Waals surface area (Å²) in [4.78, 5) is 36.4. The Morgan fingerprint density at radius 1 is 1.23 bits per heavy atom. The van der Waals surface area contributed by atoms with Gasteiger partial charge >= 0.3 is 0 Å². The lowest BCUT2D eigenvalue weighted by Gasteiger charge is -2.07. The first kappa shape index (κ1) is 15.5. The van der Waals surface area contributed by atoms with Crippen molar-refractivity contribution < 1.29 is 0 Å². The molecule has 1 aliphatic rings. The second-order valence-corrected chi connectivity index (χ2v) is 7.82. The van der Waals surface area contributed by atoms with Crippen LogP contribution >= 0.6 is 11.3 Å². The Morgan fingerprint density at radius 2 is 2.12 bits per heavy atom. The highest BCUT2D eigenvalue weighted by molar-refractivity contribution is 7.18. The van der Waals surface area contributed by atoms with Crippen LogP contribution in [0.15, 0.2) is 40.3 Å². The van der Waals surface area contributed by atoms with Gasteiger partial charge in [-0.05, 0) is 43.4 Å². The van der Waals surface area contributed by atoms with Crippen LogP contribution in [-0.2, 0) is 19.4 Å². The summed E-state index contributed by atoms with van der Waals surface area (Å²) < 4.78 is 3.08. The molecule has 0 saturated carbocycles. The molecule has 7 heteroatoms. The zero-order valence-corrected chi connectivity index (χ0v) is 15.0. The van der Waals surface area contributed by atoms with E-state index in [1.54, 1.807) is 28.4 Å². The third-order valence-electron chi connectivity index (χ3n) is 4.88. The number of hydrogen-bond donors (Lipinski definition) is 0. The van der Waals surface area contributed by atoms with Gasteiger partial charge in [-0.25, -0.2) is 9.97 Å². The van der Waals surface area contributed by atoms with E-state index in [0.717, 1.165) is 35.0 Å². The number of nitrogens with zero attached hydrogens (tertiary/aromatic N) is 4. The molecule has 0 atom stereocenters. The van der Waals surface area contributed by atoms with E-state index in [-0.39, 0.29) is 17.7 Å². The molecular formula is C19H16N4O2S. The Balaban J connectivity index is 1.63. The van der Waals surface area contributed by atoms with Gasteiger partial charge in [0.25, 0.3) is 11.1 Å². The summed E-state index contributed by atoms with van der Waals surface area (Å²) in [5.41, 5.74) is 3.11. The average Bonchev–Trinajstić information content (AvgIpc) is 3.19. The van der Waals surface area contributed by atoms with Crippen molar-refractivity contribution in [3.8, 4) is 0 Å². The summed E-state index contributed by atoms with van der Waals surface area (Å²) in [7, 11) is 0. The van der Waals surface area contributed by atoms with Crippen LogP contribution in [0, 0.1) is 6.92 Å². The molecule has 4 aromatic rings. The standard InChI is InChI=1S/C19H16N4O2S/c1-11-5-6-15-21-12(7-16(24)23(15)8-11)9-22-10-20-18-17(19(22)25)13-3-2-4-14(13)26-18/h5-8,10H,2-4,9H2,1H3. The Labute approximate surface area is 152 Å². The lowest BCUT2D eigenvalue weighted by molar-refractivity contribution is 0.726. The van der Waals surface area contributed by atoms with Crippen molar-refractivity contribution in [3.05, 3.63) is 73.1 Å². The van der Waals surface area contributed by atoms with Gasteiger partial charge in [-0.1, -0.05) is 6.07 Å². The highest BCUT2D eigenvalue weighted by atomic mass is 32.1. The van der Waals surface area contributed by atoms with Crippen molar-refractivity contribution in [2.24, 2.45) is 0 Å². The summed E-state index contributed by atoms with van der Waals surface area (Å²) in [6, 6.07) is 5.22. The van der Waals surface area contributed by atoms with E-state index in [1.165, 1.54) is 20.9 Å². The topological polar surface area (TPSA) is 69.3 Å². The number of thiophene rings is 1. The van der Waals surface area contributed by atoms with E-state index in [4.69, 9.17) is 0 Å². The first-order valence-corrected chi connectivity index (χ1v) is 9.40. The number of hydrogen-bond acceptors (Lipinski definition) is 5. The molecule has 6 nitrogen and oxygen atoms in total. The second kappa shape index (κ2) is 5.60. The first-order chi connectivity index (χ1) is 12.6. The minimum atomic E-state index is -0.146. The molecule has 5 rings (SSSR count). The monoisotopic (exact) mass is 364 g/mol. The number of rotatable bonds is 2. The van der Waals surface area contributed by atoms with Crippen LogP contribution in [-0.4, -0.2) is 18.9 Å². The van der Waals surface area contributed by atoms with Gasteiger partial charge in [0, 0.05) is 17.1 Å². The fraction of sp³-hybridized carbons (Fsp3) is 0.263. The summed E-state index contributed by atoms with van der Waals surface area (Å²) in [6.07, 6.45) is 6.43. The van der Waals surface area contributed by atoms with Crippen LogP contribution in [0.1, 0.15) is 28.1 Å². The molecule has 4 aromatic heterocycles.